The van der Waals surface area contributed by atoms with Crippen molar-refractivity contribution >= 4 is 35.2 Å². The molecule has 3 rings (SSSR count). The summed E-state index contributed by atoms with van der Waals surface area (Å²) in [6.07, 6.45) is 4.46. The molecule has 0 atom stereocenters. The maximum atomic E-state index is 12.2. The molecule has 0 bridgehead atoms. The molecule has 1 fully saturated rings. The lowest BCUT2D eigenvalue weighted by Gasteiger charge is -2.11. The number of hydrogen-bond acceptors (Lipinski definition) is 7. The molecular weight excluding hydrogens is 382 g/mol. The molecule has 28 heavy (non-hydrogen) atoms. The predicted molar refractivity (Wildman–Crippen MR) is 103 cm³/mol. The molecule has 4 N–H and O–H groups in total. The highest BCUT2D eigenvalue weighted by Crippen LogP contribution is 2.31. The Morgan fingerprint density at radius 3 is 2.57 bits per heavy atom. The summed E-state index contributed by atoms with van der Waals surface area (Å²) >= 11 is 1.29. The molecule has 1 saturated carbocycles. The van der Waals surface area contributed by atoms with Gasteiger partial charge in [-0.1, -0.05) is 24.6 Å². The number of nitrogens with two attached hydrogens (primary N) is 1. The molecule has 0 spiro atoms. The zero-order valence-electron chi connectivity index (χ0n) is 15.1. The summed E-state index contributed by atoms with van der Waals surface area (Å²) in [5.41, 5.74) is 5.92. The quantitative estimate of drug-likeness (QED) is 0.551. The molecular formula is C17H21N7O3S. The van der Waals surface area contributed by atoms with Crippen LogP contribution in [0.2, 0.25) is 0 Å². The average molecular weight is 403 g/mol. The van der Waals surface area contributed by atoms with Crippen molar-refractivity contribution in [3.05, 3.63) is 29.8 Å². The Bertz CT molecular complexity index is 847. The van der Waals surface area contributed by atoms with Gasteiger partial charge in [0, 0.05) is 11.3 Å². The van der Waals surface area contributed by atoms with Gasteiger partial charge in [0.1, 0.15) is 0 Å². The van der Waals surface area contributed by atoms with E-state index in [1.165, 1.54) is 24.6 Å². The van der Waals surface area contributed by atoms with Crippen LogP contribution < -0.4 is 16.4 Å². The highest BCUT2D eigenvalue weighted by atomic mass is 32.2. The number of thioether (sulfide) groups is 1. The molecule has 0 saturated heterocycles. The Hall–Kier alpha value is -2.95. The van der Waals surface area contributed by atoms with Gasteiger partial charge < -0.3 is 16.4 Å². The first-order valence-electron chi connectivity index (χ1n) is 8.90. The molecule has 0 radical (unpaired) electrons. The SMILES string of the molecule is NC(=O)CNC(=O)c1ccc(NC(=O)CSc2nnnn2C2CCCC2)cc1. The second kappa shape index (κ2) is 9.31. The summed E-state index contributed by atoms with van der Waals surface area (Å²) < 4.78 is 1.81. The van der Waals surface area contributed by atoms with Crippen LogP contribution >= 0.6 is 11.8 Å². The summed E-state index contributed by atoms with van der Waals surface area (Å²) in [6, 6.07) is 6.66. The van der Waals surface area contributed by atoms with Crippen molar-refractivity contribution in [1.29, 1.82) is 0 Å². The fraction of sp³-hybridized carbons (Fsp3) is 0.412. The highest BCUT2D eigenvalue weighted by molar-refractivity contribution is 7.99. The van der Waals surface area contributed by atoms with Crippen LogP contribution in [0, 0.1) is 0 Å². The van der Waals surface area contributed by atoms with Crippen LogP contribution in [0.15, 0.2) is 29.4 Å². The average Bonchev–Trinajstić information content (AvgIpc) is 3.36. The fourth-order valence-electron chi connectivity index (χ4n) is 2.96. The number of benzene rings is 1. The van der Waals surface area contributed by atoms with Crippen molar-refractivity contribution in [2.45, 2.75) is 36.9 Å². The standard InChI is InChI=1S/C17H21N7O3S/c18-14(25)9-19-16(27)11-5-7-12(8-6-11)20-15(26)10-28-17-21-22-23-24(17)13-3-1-2-4-13/h5-8,13H,1-4,9-10H2,(H2,18,25)(H,19,27)(H,20,26). The van der Waals surface area contributed by atoms with Crippen LogP contribution in [-0.2, 0) is 9.59 Å². The zero-order valence-corrected chi connectivity index (χ0v) is 15.9. The second-order valence-electron chi connectivity index (χ2n) is 6.41. The Kier molecular flexibility index (Phi) is 6.58. The number of hydrogen-bond donors (Lipinski definition) is 3. The first kappa shape index (κ1) is 19.8. The van der Waals surface area contributed by atoms with Gasteiger partial charge in [-0.15, -0.1) is 5.10 Å². The molecule has 148 valence electrons. The Morgan fingerprint density at radius 2 is 1.89 bits per heavy atom. The molecule has 1 heterocycles. The van der Waals surface area contributed by atoms with E-state index in [4.69, 9.17) is 5.73 Å². The van der Waals surface area contributed by atoms with Crippen molar-refractivity contribution in [2.24, 2.45) is 5.73 Å². The molecule has 3 amide bonds. The van der Waals surface area contributed by atoms with Gasteiger partial charge in [0.05, 0.1) is 18.3 Å². The number of nitrogens with zero attached hydrogens (tertiary/aromatic N) is 4. The third-order valence-electron chi connectivity index (χ3n) is 4.32. The number of carbonyl (C=O) groups is 3. The Balaban J connectivity index is 1.49. The molecule has 1 aromatic heterocycles. The molecule has 11 heteroatoms. The van der Waals surface area contributed by atoms with Crippen LogP contribution in [0.4, 0.5) is 5.69 Å². The molecule has 1 aliphatic carbocycles. The molecule has 10 nitrogen and oxygen atoms in total. The smallest absolute Gasteiger partial charge is 0.251 e. The normalized spacial score (nSPS) is 14.0. The van der Waals surface area contributed by atoms with E-state index in [0.717, 1.165) is 12.8 Å². The zero-order chi connectivity index (χ0) is 19.9. The largest absolute Gasteiger partial charge is 0.368 e. The Labute approximate surface area is 165 Å². The van der Waals surface area contributed by atoms with E-state index < -0.39 is 11.8 Å². The van der Waals surface area contributed by atoms with Crippen molar-refractivity contribution in [3.8, 4) is 0 Å². The van der Waals surface area contributed by atoms with Crippen LogP contribution in [0.3, 0.4) is 0 Å². The molecule has 0 aliphatic heterocycles. The van der Waals surface area contributed by atoms with E-state index in [9.17, 15) is 14.4 Å². The first-order chi connectivity index (χ1) is 13.5. The third kappa shape index (κ3) is 5.28. The van der Waals surface area contributed by atoms with Gasteiger partial charge in [-0.05, 0) is 47.5 Å². The predicted octanol–water partition coefficient (Wildman–Crippen LogP) is 0.734. The van der Waals surface area contributed by atoms with Crippen LogP contribution in [0.5, 0.6) is 0 Å². The van der Waals surface area contributed by atoms with Gasteiger partial charge in [0.15, 0.2) is 0 Å². The monoisotopic (exact) mass is 403 g/mol. The molecule has 2 aromatic rings. The van der Waals surface area contributed by atoms with Crippen molar-refractivity contribution in [1.82, 2.24) is 25.5 Å². The van der Waals surface area contributed by atoms with E-state index in [-0.39, 0.29) is 18.2 Å². The van der Waals surface area contributed by atoms with Gasteiger partial charge >= 0.3 is 0 Å². The minimum Gasteiger partial charge on any atom is -0.368 e. The number of primary amides is 1. The van der Waals surface area contributed by atoms with Crippen LogP contribution in [-0.4, -0.2) is 50.2 Å². The van der Waals surface area contributed by atoms with Crippen molar-refractivity contribution in [3.63, 3.8) is 0 Å². The van der Waals surface area contributed by atoms with Crippen molar-refractivity contribution in [2.75, 3.05) is 17.6 Å². The summed E-state index contributed by atoms with van der Waals surface area (Å²) in [6.45, 7) is -0.227. The summed E-state index contributed by atoms with van der Waals surface area (Å²) in [5.74, 6) is -1.05. The lowest BCUT2D eigenvalue weighted by atomic mass is 10.2. The maximum absolute atomic E-state index is 12.2. The number of carbonyl (C=O) groups excluding carboxylic acids is 3. The first-order valence-corrected chi connectivity index (χ1v) is 9.88. The van der Waals surface area contributed by atoms with E-state index in [2.05, 4.69) is 26.2 Å². The maximum Gasteiger partial charge on any atom is 0.251 e. The third-order valence-corrected chi connectivity index (χ3v) is 5.25. The number of anilines is 1. The Morgan fingerprint density at radius 1 is 1.18 bits per heavy atom. The van der Waals surface area contributed by atoms with E-state index in [1.54, 1.807) is 24.3 Å². The van der Waals surface area contributed by atoms with Crippen molar-refractivity contribution < 1.29 is 14.4 Å². The number of nitrogens with one attached hydrogen (secondary N) is 2. The van der Waals surface area contributed by atoms with E-state index >= 15 is 0 Å². The lowest BCUT2D eigenvalue weighted by Crippen LogP contribution is -2.33. The van der Waals surface area contributed by atoms with E-state index in [1.807, 2.05) is 4.68 Å². The minimum absolute atomic E-state index is 0.175. The lowest BCUT2D eigenvalue weighted by molar-refractivity contribution is -0.117. The highest BCUT2D eigenvalue weighted by Gasteiger charge is 2.22. The number of amides is 3. The van der Waals surface area contributed by atoms with Gasteiger partial charge in [0.2, 0.25) is 17.0 Å². The van der Waals surface area contributed by atoms with Crippen LogP contribution in [0.1, 0.15) is 42.1 Å². The summed E-state index contributed by atoms with van der Waals surface area (Å²) in [7, 11) is 0. The summed E-state index contributed by atoms with van der Waals surface area (Å²) in [5, 5.41) is 17.6. The van der Waals surface area contributed by atoms with Gasteiger partial charge in [-0.3, -0.25) is 14.4 Å². The van der Waals surface area contributed by atoms with Crippen LogP contribution in [0.25, 0.3) is 0 Å². The molecule has 1 aliphatic rings. The number of rotatable bonds is 8. The second-order valence-corrected chi connectivity index (χ2v) is 7.35. The van der Waals surface area contributed by atoms with Gasteiger partial charge in [-0.2, -0.15) is 0 Å². The number of tetrazole rings is 1. The number of aromatic nitrogens is 4. The topological polar surface area (TPSA) is 145 Å². The molecule has 0 unspecified atom stereocenters. The fourth-order valence-corrected chi connectivity index (χ4v) is 3.70. The van der Waals surface area contributed by atoms with E-state index in [0.29, 0.717) is 22.4 Å². The van der Waals surface area contributed by atoms with Gasteiger partial charge in [0.25, 0.3) is 5.91 Å². The van der Waals surface area contributed by atoms with Gasteiger partial charge in [-0.25, -0.2) is 4.68 Å². The summed E-state index contributed by atoms with van der Waals surface area (Å²) in [4.78, 5) is 34.7. The minimum atomic E-state index is -0.617. The molecule has 1 aromatic carbocycles.